The van der Waals surface area contributed by atoms with Crippen LogP contribution in [0.5, 0.6) is 11.5 Å². The highest BCUT2D eigenvalue weighted by molar-refractivity contribution is 9.10. The van der Waals surface area contributed by atoms with E-state index in [1.54, 1.807) is 62.8 Å². The Kier molecular flexibility index (Phi) is 6.46. The molecule has 0 unspecified atom stereocenters. The molecule has 0 radical (unpaired) electrons. The van der Waals surface area contributed by atoms with E-state index in [9.17, 15) is 14.4 Å². The van der Waals surface area contributed by atoms with Crippen molar-refractivity contribution in [2.24, 2.45) is 0 Å². The van der Waals surface area contributed by atoms with Gasteiger partial charge in [-0.05, 0) is 63.5 Å². The molecule has 0 saturated heterocycles. The normalized spacial score (nSPS) is 12.5. The second-order valence-electron chi connectivity index (χ2n) is 7.35. The molecule has 1 aliphatic rings. The summed E-state index contributed by atoms with van der Waals surface area (Å²) in [5.41, 5.74) is 2.16. The molecule has 0 aliphatic carbocycles. The van der Waals surface area contributed by atoms with E-state index < -0.39 is 17.8 Å². The molecule has 0 saturated carbocycles. The molecular formula is C25H20BrNO6. The van der Waals surface area contributed by atoms with E-state index in [4.69, 9.17) is 14.2 Å². The number of esters is 1. The fourth-order valence-corrected chi connectivity index (χ4v) is 3.98. The predicted octanol–water partition coefficient (Wildman–Crippen LogP) is 4.62. The van der Waals surface area contributed by atoms with Gasteiger partial charge in [-0.3, -0.25) is 14.5 Å². The highest BCUT2D eigenvalue weighted by atomic mass is 79.9. The number of hydrogen-bond acceptors (Lipinski definition) is 6. The summed E-state index contributed by atoms with van der Waals surface area (Å²) in [5.74, 6) is -0.0850. The lowest BCUT2D eigenvalue weighted by molar-refractivity contribution is 0.0471. The lowest BCUT2D eigenvalue weighted by Gasteiger charge is -2.14. The Labute approximate surface area is 199 Å². The average molecular weight is 510 g/mol. The molecule has 0 bridgehead atoms. The van der Waals surface area contributed by atoms with Crippen LogP contribution in [0.3, 0.4) is 0 Å². The van der Waals surface area contributed by atoms with Crippen molar-refractivity contribution < 1.29 is 28.6 Å². The first-order chi connectivity index (χ1) is 15.9. The first kappa shape index (κ1) is 22.5. The van der Waals surface area contributed by atoms with Crippen molar-refractivity contribution in [1.82, 2.24) is 4.90 Å². The molecule has 168 valence electrons. The minimum absolute atomic E-state index is 0.0584. The Morgan fingerprint density at radius 2 is 1.33 bits per heavy atom. The number of carbonyl (C=O) groups is 3. The number of benzene rings is 3. The van der Waals surface area contributed by atoms with Crippen molar-refractivity contribution in [2.45, 2.75) is 13.2 Å². The molecule has 0 spiro atoms. The number of halogens is 1. The first-order valence-electron chi connectivity index (χ1n) is 10.0. The van der Waals surface area contributed by atoms with Gasteiger partial charge in [-0.15, -0.1) is 0 Å². The van der Waals surface area contributed by atoms with Gasteiger partial charge in [0.2, 0.25) is 0 Å². The summed E-state index contributed by atoms with van der Waals surface area (Å²) < 4.78 is 16.0. The van der Waals surface area contributed by atoms with Crippen LogP contribution in [0.15, 0.2) is 65.1 Å². The average Bonchev–Trinajstić information content (AvgIpc) is 3.06. The predicted molar refractivity (Wildman–Crippen MR) is 123 cm³/mol. The SMILES string of the molecule is COc1ccc(COC(=O)c2cc3c(cc2Br)C(=O)N(Cc2ccc(OC)cc2)C3=O)cc1. The number of imide groups is 1. The number of nitrogens with zero attached hydrogens (tertiary/aromatic N) is 1. The smallest absolute Gasteiger partial charge is 0.339 e. The summed E-state index contributed by atoms with van der Waals surface area (Å²) in [7, 11) is 3.14. The van der Waals surface area contributed by atoms with Gasteiger partial charge in [0.25, 0.3) is 11.8 Å². The molecule has 8 heteroatoms. The monoisotopic (exact) mass is 509 g/mol. The van der Waals surface area contributed by atoms with Crippen LogP contribution >= 0.6 is 15.9 Å². The zero-order chi connectivity index (χ0) is 23.5. The zero-order valence-corrected chi connectivity index (χ0v) is 19.5. The molecule has 0 fully saturated rings. The van der Waals surface area contributed by atoms with Crippen LogP contribution in [0.4, 0.5) is 0 Å². The third kappa shape index (κ3) is 4.61. The van der Waals surface area contributed by atoms with E-state index in [1.807, 2.05) is 0 Å². The van der Waals surface area contributed by atoms with Crippen LogP contribution in [0.1, 0.15) is 42.2 Å². The van der Waals surface area contributed by atoms with E-state index in [2.05, 4.69) is 15.9 Å². The fraction of sp³-hybridized carbons (Fsp3) is 0.160. The van der Waals surface area contributed by atoms with Crippen LogP contribution in [-0.4, -0.2) is 36.9 Å². The number of rotatable bonds is 7. The van der Waals surface area contributed by atoms with Crippen molar-refractivity contribution in [1.29, 1.82) is 0 Å². The second kappa shape index (κ2) is 9.46. The van der Waals surface area contributed by atoms with Gasteiger partial charge in [-0.2, -0.15) is 0 Å². The number of amides is 2. The Morgan fingerprint density at radius 1 is 0.818 bits per heavy atom. The second-order valence-corrected chi connectivity index (χ2v) is 8.20. The largest absolute Gasteiger partial charge is 0.497 e. The number of carbonyl (C=O) groups excluding carboxylic acids is 3. The highest BCUT2D eigenvalue weighted by Gasteiger charge is 2.37. The Morgan fingerprint density at radius 3 is 1.88 bits per heavy atom. The van der Waals surface area contributed by atoms with Crippen molar-refractivity contribution in [3.63, 3.8) is 0 Å². The molecule has 33 heavy (non-hydrogen) atoms. The highest BCUT2D eigenvalue weighted by Crippen LogP contribution is 2.31. The van der Waals surface area contributed by atoms with Gasteiger partial charge >= 0.3 is 5.97 Å². The molecule has 7 nitrogen and oxygen atoms in total. The minimum atomic E-state index is -0.602. The van der Waals surface area contributed by atoms with Crippen LogP contribution in [-0.2, 0) is 17.9 Å². The van der Waals surface area contributed by atoms with Gasteiger partial charge in [-0.1, -0.05) is 24.3 Å². The van der Waals surface area contributed by atoms with E-state index in [-0.39, 0.29) is 29.8 Å². The van der Waals surface area contributed by atoms with E-state index >= 15 is 0 Å². The Hall–Kier alpha value is -3.65. The molecule has 0 aromatic heterocycles. The summed E-state index contributed by atoms with van der Waals surface area (Å²) in [5, 5.41) is 0. The molecule has 0 atom stereocenters. The van der Waals surface area contributed by atoms with Gasteiger partial charge in [0, 0.05) is 4.47 Å². The summed E-state index contributed by atoms with van der Waals surface area (Å²) in [6.45, 7) is 0.175. The van der Waals surface area contributed by atoms with Crippen molar-refractivity contribution in [3.8, 4) is 11.5 Å². The number of fused-ring (bicyclic) bond motifs is 1. The molecule has 0 N–H and O–H groups in total. The third-order valence-corrected chi connectivity index (χ3v) is 5.96. The molecular weight excluding hydrogens is 490 g/mol. The maximum atomic E-state index is 13.0. The first-order valence-corrected chi connectivity index (χ1v) is 10.8. The maximum absolute atomic E-state index is 13.0. The Bertz CT molecular complexity index is 1220. The number of hydrogen-bond donors (Lipinski definition) is 0. The summed E-state index contributed by atoms with van der Waals surface area (Å²) in [6.07, 6.45) is 0. The van der Waals surface area contributed by atoms with Crippen LogP contribution < -0.4 is 9.47 Å². The standard InChI is InChI=1S/C25H20BrNO6/c1-31-17-7-3-15(4-8-17)13-27-23(28)19-11-21(22(26)12-20(19)24(27)29)25(30)33-14-16-5-9-18(32-2)10-6-16/h3-12H,13-14H2,1-2H3. The van der Waals surface area contributed by atoms with E-state index in [0.29, 0.717) is 16.0 Å². The maximum Gasteiger partial charge on any atom is 0.339 e. The van der Waals surface area contributed by atoms with Gasteiger partial charge in [0.05, 0.1) is 37.5 Å². The van der Waals surface area contributed by atoms with E-state index in [1.165, 1.54) is 12.1 Å². The summed E-state index contributed by atoms with van der Waals surface area (Å²) >= 11 is 3.33. The lowest BCUT2D eigenvalue weighted by Crippen LogP contribution is -2.29. The van der Waals surface area contributed by atoms with Gasteiger partial charge in [0.1, 0.15) is 18.1 Å². The Balaban J connectivity index is 1.50. The van der Waals surface area contributed by atoms with Crippen LogP contribution in [0.2, 0.25) is 0 Å². The minimum Gasteiger partial charge on any atom is -0.497 e. The van der Waals surface area contributed by atoms with Gasteiger partial charge < -0.3 is 14.2 Å². The van der Waals surface area contributed by atoms with Crippen molar-refractivity contribution >= 4 is 33.7 Å². The summed E-state index contributed by atoms with van der Waals surface area (Å²) in [4.78, 5) is 39.7. The van der Waals surface area contributed by atoms with Crippen LogP contribution in [0.25, 0.3) is 0 Å². The van der Waals surface area contributed by atoms with Crippen molar-refractivity contribution in [3.05, 3.63) is 93.0 Å². The van der Waals surface area contributed by atoms with Gasteiger partial charge in [0.15, 0.2) is 0 Å². The van der Waals surface area contributed by atoms with Gasteiger partial charge in [-0.25, -0.2) is 4.79 Å². The number of ether oxygens (including phenoxy) is 3. The third-order valence-electron chi connectivity index (χ3n) is 5.31. The molecule has 1 heterocycles. The molecule has 3 aromatic rings. The molecule has 3 aromatic carbocycles. The van der Waals surface area contributed by atoms with Crippen LogP contribution in [0, 0.1) is 0 Å². The quantitative estimate of drug-likeness (QED) is 0.341. The molecule has 2 amide bonds. The molecule has 1 aliphatic heterocycles. The number of methoxy groups -OCH3 is 2. The fourth-order valence-electron chi connectivity index (χ4n) is 3.47. The topological polar surface area (TPSA) is 82.1 Å². The summed E-state index contributed by atoms with van der Waals surface area (Å²) in [6, 6.07) is 17.2. The van der Waals surface area contributed by atoms with E-state index in [0.717, 1.165) is 16.0 Å². The van der Waals surface area contributed by atoms with Crippen molar-refractivity contribution in [2.75, 3.05) is 14.2 Å². The zero-order valence-electron chi connectivity index (χ0n) is 18.0. The lowest BCUT2D eigenvalue weighted by atomic mass is 10.1. The molecule has 4 rings (SSSR count).